The molecule has 1 fully saturated rings. The van der Waals surface area contributed by atoms with Crippen LogP contribution in [-0.4, -0.2) is 60.6 Å². The topological polar surface area (TPSA) is 73.4 Å². The normalized spacial score (nSPS) is 13.0. The highest BCUT2D eigenvalue weighted by Gasteiger charge is 2.20. The molecule has 0 aliphatic carbocycles. The second-order valence-electron chi connectivity index (χ2n) is 12.4. The number of benzene rings is 4. The Labute approximate surface area is 310 Å². The Kier molecular flexibility index (Phi) is 13.6. The number of halogens is 2. The van der Waals surface area contributed by atoms with Crippen molar-refractivity contribution in [3.8, 4) is 28.9 Å². The molecule has 4 aromatic carbocycles. The number of carbonyl (C=O) groups excluding carboxylic acids is 1. The van der Waals surface area contributed by atoms with Crippen LogP contribution in [0, 0.1) is 12.7 Å². The molecule has 1 amide bonds. The average molecular weight is 724 g/mol. The van der Waals surface area contributed by atoms with E-state index in [9.17, 15) is 9.18 Å². The van der Waals surface area contributed by atoms with Crippen molar-refractivity contribution in [1.82, 2.24) is 14.8 Å². The number of rotatable bonds is 14. The summed E-state index contributed by atoms with van der Waals surface area (Å²) < 4.78 is 36.0. The molecule has 0 saturated carbocycles. The zero-order valence-electron chi connectivity index (χ0n) is 29.4. The zero-order valence-corrected chi connectivity index (χ0v) is 30.2. The molecule has 52 heavy (non-hydrogen) atoms. The van der Waals surface area contributed by atoms with Gasteiger partial charge in [0, 0.05) is 56.9 Å². The molecule has 0 bridgehead atoms. The third-order valence-corrected chi connectivity index (χ3v) is 8.75. The van der Waals surface area contributed by atoms with Crippen LogP contribution in [0.3, 0.4) is 0 Å². The number of hydrogen-bond donors (Lipinski definition) is 0. The summed E-state index contributed by atoms with van der Waals surface area (Å²) in [5.74, 6) is 2.94. The van der Waals surface area contributed by atoms with E-state index in [0.29, 0.717) is 49.4 Å². The first kappa shape index (κ1) is 37.9. The van der Waals surface area contributed by atoms with Gasteiger partial charge in [-0.05, 0) is 83.8 Å². The van der Waals surface area contributed by atoms with E-state index in [-0.39, 0.29) is 24.1 Å². The maximum absolute atomic E-state index is 13.1. The van der Waals surface area contributed by atoms with E-state index in [2.05, 4.69) is 34.1 Å². The lowest BCUT2D eigenvalue weighted by molar-refractivity contribution is -0.127. The molecule has 0 N–H and O–H groups in total. The summed E-state index contributed by atoms with van der Waals surface area (Å²) in [6.45, 7) is 6.75. The number of carbonyl (C=O) groups is 1. The van der Waals surface area contributed by atoms with Crippen molar-refractivity contribution in [1.29, 1.82) is 0 Å². The Morgan fingerprint density at radius 2 is 1.54 bits per heavy atom. The second-order valence-corrected chi connectivity index (χ2v) is 12.4. The number of nitrogens with zero attached hydrogens (tertiary/aromatic N) is 3. The van der Waals surface area contributed by atoms with Crippen molar-refractivity contribution in [3.05, 3.63) is 149 Å². The van der Waals surface area contributed by atoms with Crippen LogP contribution in [0.5, 0.6) is 28.9 Å². The standard InChI is InChI=1S/C42H42FN3O5.ClH/c1-31-27-38(51-41-19-18-39(28-44-41)50-30-35-5-3-4-6-40(35)48-2)15-11-34(31)12-20-42(47)46-24-22-45(23-25-46)29-33-9-7-32(8-10-33)21-26-49-37-16-13-36(43)14-17-37;/h3-20,27-28H,21-26,29-30H2,1-2H3;1H/b20-12+;. The lowest BCUT2D eigenvalue weighted by Crippen LogP contribution is -2.47. The monoisotopic (exact) mass is 723 g/mol. The molecule has 270 valence electrons. The molecule has 5 aromatic rings. The highest BCUT2D eigenvalue weighted by atomic mass is 35.5. The van der Waals surface area contributed by atoms with Crippen LogP contribution < -0.4 is 18.9 Å². The minimum absolute atomic E-state index is 0. The van der Waals surface area contributed by atoms with Gasteiger partial charge in [-0.25, -0.2) is 9.37 Å². The van der Waals surface area contributed by atoms with Gasteiger partial charge in [-0.2, -0.15) is 0 Å². The Morgan fingerprint density at radius 1 is 0.827 bits per heavy atom. The maximum Gasteiger partial charge on any atom is 0.246 e. The van der Waals surface area contributed by atoms with E-state index in [4.69, 9.17) is 18.9 Å². The van der Waals surface area contributed by atoms with E-state index < -0.39 is 0 Å². The largest absolute Gasteiger partial charge is 0.496 e. The van der Waals surface area contributed by atoms with Gasteiger partial charge in [0.15, 0.2) is 0 Å². The predicted octanol–water partition coefficient (Wildman–Crippen LogP) is 8.31. The Morgan fingerprint density at radius 3 is 2.25 bits per heavy atom. The number of para-hydroxylation sites is 1. The number of pyridine rings is 1. The molecule has 0 spiro atoms. The van der Waals surface area contributed by atoms with Crippen LogP contribution >= 0.6 is 12.4 Å². The lowest BCUT2D eigenvalue weighted by atomic mass is 10.1. The van der Waals surface area contributed by atoms with E-state index in [0.717, 1.165) is 48.5 Å². The summed E-state index contributed by atoms with van der Waals surface area (Å²) in [7, 11) is 1.64. The van der Waals surface area contributed by atoms with Gasteiger partial charge in [0.2, 0.25) is 11.8 Å². The van der Waals surface area contributed by atoms with Gasteiger partial charge in [0.25, 0.3) is 0 Å². The van der Waals surface area contributed by atoms with Gasteiger partial charge >= 0.3 is 0 Å². The van der Waals surface area contributed by atoms with Crippen molar-refractivity contribution in [2.75, 3.05) is 39.9 Å². The minimum atomic E-state index is -0.270. The Balaban J connectivity index is 0.00000523. The number of amides is 1. The van der Waals surface area contributed by atoms with Gasteiger partial charge < -0.3 is 23.8 Å². The van der Waals surface area contributed by atoms with E-state index in [1.54, 1.807) is 37.6 Å². The van der Waals surface area contributed by atoms with Gasteiger partial charge in [-0.3, -0.25) is 9.69 Å². The molecule has 8 nitrogen and oxygen atoms in total. The third-order valence-electron chi connectivity index (χ3n) is 8.75. The van der Waals surface area contributed by atoms with Crippen molar-refractivity contribution in [2.45, 2.75) is 26.5 Å². The smallest absolute Gasteiger partial charge is 0.246 e. The Hall–Kier alpha value is -5.38. The number of aryl methyl sites for hydroxylation is 1. The molecule has 6 rings (SSSR count). The molecule has 2 heterocycles. The number of hydrogen-bond acceptors (Lipinski definition) is 7. The predicted molar refractivity (Wildman–Crippen MR) is 203 cm³/mol. The van der Waals surface area contributed by atoms with Crippen molar-refractivity contribution >= 4 is 24.4 Å². The van der Waals surface area contributed by atoms with Crippen LogP contribution in [0.1, 0.15) is 27.8 Å². The first-order chi connectivity index (χ1) is 24.9. The SMILES string of the molecule is COc1ccccc1COc1ccc(Oc2ccc(/C=C/C(=O)N3CCN(Cc4ccc(CCOc5ccc(F)cc5)cc4)CC3)c(C)c2)nc1.Cl. The Bertz CT molecular complexity index is 1910. The minimum Gasteiger partial charge on any atom is -0.496 e. The van der Waals surface area contributed by atoms with Gasteiger partial charge in [0.05, 0.1) is 19.9 Å². The van der Waals surface area contributed by atoms with E-state index in [1.807, 2.05) is 66.4 Å². The third kappa shape index (κ3) is 10.8. The first-order valence-electron chi connectivity index (χ1n) is 17.1. The summed E-state index contributed by atoms with van der Waals surface area (Å²) >= 11 is 0. The molecule has 1 saturated heterocycles. The number of ether oxygens (including phenoxy) is 4. The fraction of sp³-hybridized carbons (Fsp3) is 0.238. The van der Waals surface area contributed by atoms with Crippen molar-refractivity contribution < 1.29 is 28.1 Å². The summed E-state index contributed by atoms with van der Waals surface area (Å²) in [4.78, 5) is 21.7. The fourth-order valence-corrected chi connectivity index (χ4v) is 5.80. The first-order valence-corrected chi connectivity index (χ1v) is 17.1. The average Bonchev–Trinajstić information content (AvgIpc) is 3.16. The molecule has 0 radical (unpaired) electrons. The van der Waals surface area contributed by atoms with Crippen LogP contribution in [0.4, 0.5) is 4.39 Å². The number of aromatic nitrogens is 1. The highest BCUT2D eigenvalue weighted by Crippen LogP contribution is 2.26. The molecule has 1 aliphatic rings. The number of methoxy groups -OCH3 is 1. The van der Waals surface area contributed by atoms with Gasteiger partial charge in [-0.1, -0.05) is 48.5 Å². The second kappa shape index (κ2) is 18.7. The van der Waals surface area contributed by atoms with Crippen molar-refractivity contribution in [2.24, 2.45) is 0 Å². The summed E-state index contributed by atoms with van der Waals surface area (Å²) in [6.07, 6.45) is 5.93. The molecule has 0 unspecified atom stereocenters. The quantitative estimate of drug-likeness (QED) is 0.107. The fourth-order valence-electron chi connectivity index (χ4n) is 5.80. The molecular formula is C42H43ClFN3O5. The van der Waals surface area contributed by atoms with Crippen LogP contribution in [-0.2, 0) is 24.4 Å². The van der Waals surface area contributed by atoms with Crippen molar-refractivity contribution in [3.63, 3.8) is 0 Å². The molecule has 1 aliphatic heterocycles. The number of piperazine rings is 1. The van der Waals surface area contributed by atoms with E-state index in [1.165, 1.54) is 23.3 Å². The molecule has 1 aromatic heterocycles. The summed E-state index contributed by atoms with van der Waals surface area (Å²) in [6, 6.07) is 31.7. The van der Waals surface area contributed by atoms with Crippen LogP contribution in [0.25, 0.3) is 6.08 Å². The van der Waals surface area contributed by atoms with E-state index >= 15 is 0 Å². The highest BCUT2D eigenvalue weighted by molar-refractivity contribution is 5.92. The van der Waals surface area contributed by atoms with Crippen LogP contribution in [0.2, 0.25) is 0 Å². The molecular weight excluding hydrogens is 681 g/mol. The van der Waals surface area contributed by atoms with Gasteiger partial charge in [-0.15, -0.1) is 12.4 Å². The molecule has 0 atom stereocenters. The molecule has 10 heteroatoms. The lowest BCUT2D eigenvalue weighted by Gasteiger charge is -2.34. The summed E-state index contributed by atoms with van der Waals surface area (Å²) in [5.41, 5.74) is 5.32. The van der Waals surface area contributed by atoms with Crippen LogP contribution in [0.15, 0.2) is 115 Å². The summed E-state index contributed by atoms with van der Waals surface area (Å²) in [5, 5.41) is 0. The maximum atomic E-state index is 13.1. The zero-order chi connectivity index (χ0) is 35.4. The van der Waals surface area contributed by atoms with Gasteiger partial charge in [0.1, 0.15) is 35.4 Å².